The number of furan rings is 2. The molecule has 0 radical (unpaired) electrons. The lowest BCUT2D eigenvalue weighted by Crippen LogP contribution is -2.03. The highest BCUT2D eigenvalue weighted by molar-refractivity contribution is 7.27. The van der Waals surface area contributed by atoms with Crippen LogP contribution in [0.3, 0.4) is 0 Å². The molecular formula is C88H51ClN6O2S2. The van der Waals surface area contributed by atoms with E-state index in [1.807, 2.05) is 89.4 Å². The highest BCUT2D eigenvalue weighted by Gasteiger charge is 2.26. The Morgan fingerprint density at radius 3 is 1.30 bits per heavy atom. The summed E-state index contributed by atoms with van der Waals surface area (Å²) in [6.07, 6.45) is 0. The van der Waals surface area contributed by atoms with Crippen LogP contribution in [0.1, 0.15) is 0 Å². The van der Waals surface area contributed by atoms with E-state index in [0.717, 1.165) is 77.4 Å². The van der Waals surface area contributed by atoms with Crippen molar-refractivity contribution < 1.29 is 8.83 Å². The molecule has 0 saturated carbocycles. The molecule has 0 atom stereocenters. The van der Waals surface area contributed by atoms with Gasteiger partial charge in [0.2, 0.25) is 22.7 Å². The molecule has 0 aliphatic heterocycles. The van der Waals surface area contributed by atoms with Crippen molar-refractivity contribution in [3.05, 3.63) is 309 Å². The van der Waals surface area contributed by atoms with Crippen molar-refractivity contribution in [1.82, 2.24) is 29.5 Å². The Hall–Kier alpha value is -12.3. The Labute approximate surface area is 577 Å². The van der Waals surface area contributed by atoms with E-state index in [1.165, 1.54) is 106 Å². The van der Waals surface area contributed by atoms with Gasteiger partial charge in [0.15, 0.2) is 0 Å². The zero-order valence-electron chi connectivity index (χ0n) is 52.6. The van der Waals surface area contributed by atoms with Gasteiger partial charge in [-0.1, -0.05) is 267 Å². The number of nitrogens with one attached hydrogen (secondary N) is 1. The summed E-state index contributed by atoms with van der Waals surface area (Å²) in [5.41, 5.74) is 15.6. The van der Waals surface area contributed by atoms with Crippen LogP contribution < -0.4 is 0 Å². The van der Waals surface area contributed by atoms with Crippen LogP contribution in [-0.2, 0) is 0 Å². The summed E-state index contributed by atoms with van der Waals surface area (Å²) in [7, 11) is 0. The van der Waals surface area contributed by atoms with Crippen molar-refractivity contribution in [2.75, 3.05) is 0 Å². The Morgan fingerprint density at radius 1 is 0.303 bits per heavy atom. The van der Waals surface area contributed by atoms with Crippen LogP contribution in [-0.4, -0.2) is 29.5 Å². The number of rotatable bonds is 5. The summed E-state index contributed by atoms with van der Waals surface area (Å²) < 4.78 is 19.9. The predicted molar refractivity (Wildman–Crippen MR) is 416 cm³/mol. The van der Waals surface area contributed by atoms with Gasteiger partial charge in [-0.25, -0.2) is 9.97 Å². The zero-order chi connectivity index (χ0) is 65.2. The number of para-hydroxylation sites is 4. The van der Waals surface area contributed by atoms with Crippen LogP contribution in [0.25, 0.3) is 200 Å². The fourth-order valence-electron chi connectivity index (χ4n) is 14.9. The average Bonchev–Trinajstić information content (AvgIpc) is 1.55. The van der Waals surface area contributed by atoms with E-state index in [0.29, 0.717) is 17.4 Å². The molecule has 99 heavy (non-hydrogen) atoms. The van der Waals surface area contributed by atoms with Gasteiger partial charge in [0, 0.05) is 100 Å². The fourth-order valence-corrected chi connectivity index (χ4v) is 17.6. The van der Waals surface area contributed by atoms with E-state index < -0.39 is 0 Å². The molecule has 22 rings (SSSR count). The van der Waals surface area contributed by atoms with Crippen molar-refractivity contribution in [1.29, 1.82) is 0 Å². The van der Waals surface area contributed by atoms with Gasteiger partial charge in [0.1, 0.15) is 11.2 Å². The minimum absolute atomic E-state index is 0.179. The number of nitrogens with zero attached hydrogens (tertiary/aromatic N) is 5. The minimum Gasteiger partial charge on any atom is -0.438 e. The molecule has 0 bridgehead atoms. The van der Waals surface area contributed by atoms with Crippen molar-refractivity contribution >= 4 is 184 Å². The Bertz CT molecular complexity index is 6990. The number of halogens is 1. The molecule has 8 heterocycles. The van der Waals surface area contributed by atoms with E-state index >= 15 is 0 Å². The first-order valence-corrected chi connectivity index (χ1v) is 34.9. The summed E-state index contributed by atoms with van der Waals surface area (Å²) >= 11 is 9.89. The second kappa shape index (κ2) is 22.9. The number of fused-ring (bicyclic) bond motifs is 26. The molecule has 0 aliphatic rings. The van der Waals surface area contributed by atoms with E-state index in [2.05, 4.69) is 256 Å². The first kappa shape index (κ1) is 57.0. The van der Waals surface area contributed by atoms with Gasteiger partial charge >= 0.3 is 0 Å². The van der Waals surface area contributed by atoms with Gasteiger partial charge in [0.25, 0.3) is 0 Å². The molecule has 8 nitrogen and oxygen atoms in total. The van der Waals surface area contributed by atoms with E-state index in [-0.39, 0.29) is 5.28 Å². The lowest BCUT2D eigenvalue weighted by molar-refractivity contribution is 0.651. The quantitative estimate of drug-likeness (QED) is 0.172. The fraction of sp³-hybridized carbons (Fsp3) is 0. The third-order valence-electron chi connectivity index (χ3n) is 19.3. The number of hydrogen-bond acceptors (Lipinski definition) is 8. The maximum Gasteiger partial charge on any atom is 0.238 e. The first-order chi connectivity index (χ1) is 49.0. The third-order valence-corrected chi connectivity index (χ3v) is 21.9. The lowest BCUT2D eigenvalue weighted by atomic mass is 10.00. The lowest BCUT2D eigenvalue weighted by Gasteiger charge is -2.11. The van der Waals surface area contributed by atoms with E-state index in [1.54, 1.807) is 0 Å². The maximum absolute atomic E-state index is 6.52. The number of aromatic amines is 1. The Balaban J connectivity index is 0.000000111. The molecule has 11 heteroatoms. The van der Waals surface area contributed by atoms with Crippen molar-refractivity contribution in [3.63, 3.8) is 0 Å². The first-order valence-electron chi connectivity index (χ1n) is 32.9. The molecule has 14 aromatic carbocycles. The third kappa shape index (κ3) is 9.18. The number of benzene rings is 14. The molecule has 22 aromatic rings. The number of hydrogen-bond donors (Lipinski definition) is 1. The van der Waals surface area contributed by atoms with Crippen LogP contribution in [0.15, 0.2) is 312 Å². The minimum atomic E-state index is 0.179. The normalized spacial score (nSPS) is 11.9. The molecule has 0 amide bonds. The molecular weight excluding hydrogens is 1270 g/mol. The number of aromatic nitrogens is 6. The summed E-state index contributed by atoms with van der Waals surface area (Å²) in [5, 5.41) is 19.4. The van der Waals surface area contributed by atoms with Gasteiger partial charge in [-0.3, -0.25) is 4.57 Å². The predicted octanol–water partition coefficient (Wildman–Crippen LogP) is 25.5. The molecule has 0 spiro atoms. The summed E-state index contributed by atoms with van der Waals surface area (Å²) in [4.78, 5) is 23.2. The molecule has 0 aliphatic carbocycles. The molecule has 8 aromatic heterocycles. The van der Waals surface area contributed by atoms with Gasteiger partial charge in [-0.05, 0) is 81.0 Å². The topological polar surface area (TPSA) is 98.6 Å². The van der Waals surface area contributed by atoms with Crippen LogP contribution in [0, 0.1) is 0 Å². The Kier molecular flexibility index (Phi) is 13.2. The molecule has 0 fully saturated rings. The highest BCUT2D eigenvalue weighted by Crippen LogP contribution is 2.50. The van der Waals surface area contributed by atoms with Gasteiger partial charge in [-0.15, -0.1) is 22.7 Å². The Morgan fingerprint density at radius 2 is 0.717 bits per heavy atom. The van der Waals surface area contributed by atoms with Crippen molar-refractivity contribution in [3.8, 4) is 50.7 Å². The van der Waals surface area contributed by atoms with Crippen molar-refractivity contribution in [2.45, 2.75) is 0 Å². The standard InChI is InChI=1S/C44H25N3OS.C22H13ClN2O.C22H13NS/c1-2-12-26(13-3-1)27-22-24-28(25-23-27)40-38-32-17-7-10-20-35(32)48-43(38)46-44(45-40)47-34-19-9-6-16-31(34)37-29-14-4-5-15-30(29)42-39(41(37)47)33-18-8-11-21-36(33)49-42;23-22-24-20(19-17-8-4-5-9-18(17)26-21(19)25-22)16-12-10-15(11-13-16)14-6-2-1-3-7-14;1-2-8-14-13(7-1)19-15-9-3-5-11-17(15)23-21(19)20-16-10-4-6-12-18(16)24-22(14)20/h1-25H;1-13H;1-12,23H. The number of H-pyrrole nitrogens is 1. The van der Waals surface area contributed by atoms with Crippen LogP contribution in [0.5, 0.6) is 0 Å². The van der Waals surface area contributed by atoms with Gasteiger partial charge in [-0.2, -0.15) is 9.97 Å². The molecule has 0 unspecified atom stereocenters. The van der Waals surface area contributed by atoms with E-state index in [9.17, 15) is 0 Å². The molecule has 0 saturated heterocycles. The number of thiophene rings is 2. The average molecular weight is 1320 g/mol. The van der Waals surface area contributed by atoms with Crippen LogP contribution in [0.2, 0.25) is 5.28 Å². The smallest absolute Gasteiger partial charge is 0.238 e. The molecule has 1 N–H and O–H groups in total. The van der Waals surface area contributed by atoms with E-state index in [4.69, 9.17) is 30.4 Å². The van der Waals surface area contributed by atoms with Gasteiger partial charge < -0.3 is 13.8 Å². The summed E-state index contributed by atoms with van der Waals surface area (Å²) in [6.45, 7) is 0. The van der Waals surface area contributed by atoms with Crippen molar-refractivity contribution in [2.24, 2.45) is 0 Å². The van der Waals surface area contributed by atoms with Crippen LogP contribution >= 0.6 is 34.3 Å². The summed E-state index contributed by atoms with van der Waals surface area (Å²) in [5.74, 6) is 0.590. The zero-order valence-corrected chi connectivity index (χ0v) is 55.0. The second-order valence-corrected chi connectivity index (χ2v) is 27.3. The van der Waals surface area contributed by atoms with Gasteiger partial charge in [0.05, 0.1) is 38.7 Å². The van der Waals surface area contributed by atoms with Crippen LogP contribution in [0.4, 0.5) is 0 Å². The monoisotopic (exact) mass is 1320 g/mol. The SMILES string of the molecule is Clc1nc(-c2ccc(-c3ccccc3)cc2)c2c(n1)oc1ccccc12.c1ccc(-c2ccc(-c3nc(-n4c5ccccc5c5c6ccccc6c6sc7ccccc7c6c54)nc4oc5ccccc5c34)cc2)cc1.c1ccc2c(c1)[nH]c1c2c2ccccc2c2sc3ccccc3c12. The maximum atomic E-state index is 6.52. The summed E-state index contributed by atoms with van der Waals surface area (Å²) in [6, 6.07) is 106. The highest BCUT2D eigenvalue weighted by atomic mass is 35.5. The molecule has 464 valence electrons. The second-order valence-electron chi connectivity index (χ2n) is 24.8. The largest absolute Gasteiger partial charge is 0.438 e.